The summed E-state index contributed by atoms with van der Waals surface area (Å²) in [5, 5.41) is 15.1. The molecule has 0 saturated carbocycles. The number of carbonyl (C=O) groups excluding carboxylic acids is 2. The van der Waals surface area contributed by atoms with Crippen LogP contribution in [-0.4, -0.2) is 86.5 Å². The van der Waals surface area contributed by atoms with Gasteiger partial charge in [0.15, 0.2) is 0 Å². The van der Waals surface area contributed by atoms with Crippen molar-refractivity contribution in [3.8, 4) is 0 Å². The van der Waals surface area contributed by atoms with Gasteiger partial charge >= 0.3 is 0 Å². The van der Waals surface area contributed by atoms with Crippen LogP contribution in [0.3, 0.4) is 0 Å². The third-order valence-electron chi connectivity index (χ3n) is 6.23. The number of hydrogen-bond donors (Lipinski definition) is 2. The number of rotatable bonds is 9. The van der Waals surface area contributed by atoms with Crippen LogP contribution in [0.15, 0.2) is 6.20 Å². The highest BCUT2D eigenvalue weighted by Crippen LogP contribution is 2.24. The molecule has 2 fully saturated rings. The molecular formula is C21H37N7O2S. The van der Waals surface area contributed by atoms with Crippen LogP contribution in [0.25, 0.3) is 0 Å². The Morgan fingerprint density at radius 3 is 2.74 bits per heavy atom. The second-order valence-corrected chi connectivity index (χ2v) is 9.93. The summed E-state index contributed by atoms with van der Waals surface area (Å²) in [6.45, 7) is 9.39. The fourth-order valence-electron chi connectivity index (χ4n) is 3.97. The summed E-state index contributed by atoms with van der Waals surface area (Å²) in [5.74, 6) is 1.17. The Kier molecular flexibility index (Phi) is 8.74. The van der Waals surface area contributed by atoms with E-state index in [1.807, 2.05) is 27.0 Å². The average Bonchev–Trinajstić information content (AvgIpc) is 3.41. The topological polar surface area (TPSA) is 95.4 Å². The largest absolute Gasteiger partial charge is 0.350 e. The van der Waals surface area contributed by atoms with E-state index in [1.54, 1.807) is 21.3 Å². The van der Waals surface area contributed by atoms with Crippen LogP contribution in [0.4, 0.5) is 0 Å². The van der Waals surface area contributed by atoms with E-state index in [0.717, 1.165) is 38.0 Å². The van der Waals surface area contributed by atoms with Crippen molar-refractivity contribution in [2.24, 2.45) is 5.92 Å². The van der Waals surface area contributed by atoms with E-state index in [1.165, 1.54) is 0 Å². The number of carbonyl (C=O) groups is 2. The van der Waals surface area contributed by atoms with Gasteiger partial charge in [-0.15, -0.1) is 16.9 Å². The van der Waals surface area contributed by atoms with E-state index in [-0.39, 0.29) is 29.8 Å². The molecule has 3 atom stereocenters. The van der Waals surface area contributed by atoms with Crippen molar-refractivity contribution in [2.45, 2.75) is 71.2 Å². The Hall–Kier alpha value is -1.65. The number of likely N-dealkylation sites (tertiary alicyclic amines) is 1. The van der Waals surface area contributed by atoms with E-state index < -0.39 is 0 Å². The predicted molar refractivity (Wildman–Crippen MR) is 122 cm³/mol. The standard InChI is InChI=1S/C21H37N7O2S/c1-5-15(2)21(30)28-14-31-13-19(28)20(29)23-16(3)11-27-12-18(24-25-27)10-22-17-6-8-26(4)9-7-17/h12,15-17,19,22H,5-11,13-14H2,1-4H3,(H,23,29)/t15?,16-,19-/m0/s1. The zero-order valence-electron chi connectivity index (χ0n) is 19.2. The highest BCUT2D eigenvalue weighted by molar-refractivity contribution is 7.99. The summed E-state index contributed by atoms with van der Waals surface area (Å²) < 4.78 is 1.78. The van der Waals surface area contributed by atoms with Crippen molar-refractivity contribution in [1.29, 1.82) is 0 Å². The summed E-state index contributed by atoms with van der Waals surface area (Å²) >= 11 is 1.63. The second-order valence-electron chi connectivity index (χ2n) is 8.93. The maximum absolute atomic E-state index is 12.8. The van der Waals surface area contributed by atoms with Crippen LogP contribution >= 0.6 is 11.8 Å². The second kappa shape index (κ2) is 11.3. The minimum atomic E-state index is -0.390. The van der Waals surface area contributed by atoms with Gasteiger partial charge in [0.25, 0.3) is 0 Å². The molecule has 0 aromatic carbocycles. The zero-order valence-corrected chi connectivity index (χ0v) is 20.0. The average molecular weight is 452 g/mol. The first-order valence-corrected chi connectivity index (χ1v) is 12.5. The molecule has 9 nitrogen and oxygen atoms in total. The number of piperidine rings is 1. The first kappa shape index (κ1) is 24.0. The molecule has 0 bridgehead atoms. The van der Waals surface area contributed by atoms with Crippen LogP contribution in [0, 0.1) is 5.92 Å². The fraction of sp³-hybridized carbons (Fsp3) is 0.810. The molecule has 2 N–H and O–H groups in total. The molecule has 174 valence electrons. The van der Waals surface area contributed by atoms with Gasteiger partial charge in [-0.05, 0) is 46.3 Å². The van der Waals surface area contributed by atoms with Gasteiger partial charge in [-0.3, -0.25) is 14.3 Å². The zero-order chi connectivity index (χ0) is 22.4. The molecule has 0 radical (unpaired) electrons. The summed E-state index contributed by atoms with van der Waals surface area (Å²) in [4.78, 5) is 29.4. The predicted octanol–water partition coefficient (Wildman–Crippen LogP) is 0.914. The van der Waals surface area contributed by atoms with Crippen LogP contribution in [0.2, 0.25) is 0 Å². The summed E-state index contributed by atoms with van der Waals surface area (Å²) in [5.41, 5.74) is 0.912. The molecule has 2 aliphatic rings. The number of thioether (sulfide) groups is 1. The number of nitrogens with one attached hydrogen (secondary N) is 2. The van der Waals surface area contributed by atoms with E-state index in [0.29, 0.717) is 30.8 Å². The van der Waals surface area contributed by atoms with Gasteiger partial charge in [0.05, 0.1) is 18.1 Å². The molecule has 2 saturated heterocycles. The van der Waals surface area contributed by atoms with E-state index >= 15 is 0 Å². The molecule has 0 spiro atoms. The lowest BCUT2D eigenvalue weighted by atomic mass is 10.1. The highest BCUT2D eigenvalue weighted by atomic mass is 32.2. The van der Waals surface area contributed by atoms with E-state index in [2.05, 4.69) is 32.9 Å². The van der Waals surface area contributed by atoms with Crippen LogP contribution in [-0.2, 0) is 22.7 Å². The lowest BCUT2D eigenvalue weighted by Crippen LogP contribution is -2.51. The summed E-state index contributed by atoms with van der Waals surface area (Å²) in [6, 6.07) is 0.0407. The quantitative estimate of drug-likeness (QED) is 0.576. The molecule has 31 heavy (non-hydrogen) atoms. The number of amides is 2. The van der Waals surface area contributed by atoms with Gasteiger partial charge in [-0.1, -0.05) is 19.1 Å². The molecule has 2 amide bonds. The van der Waals surface area contributed by atoms with Crippen LogP contribution < -0.4 is 10.6 Å². The van der Waals surface area contributed by atoms with Crippen molar-refractivity contribution >= 4 is 23.6 Å². The van der Waals surface area contributed by atoms with E-state index in [4.69, 9.17) is 0 Å². The molecule has 3 heterocycles. The molecule has 2 aliphatic heterocycles. The molecule has 1 aromatic rings. The minimum absolute atomic E-state index is 0.0527. The third kappa shape index (κ3) is 6.66. The van der Waals surface area contributed by atoms with Crippen LogP contribution in [0.1, 0.15) is 45.7 Å². The maximum atomic E-state index is 12.8. The Morgan fingerprint density at radius 2 is 2.03 bits per heavy atom. The summed E-state index contributed by atoms with van der Waals surface area (Å²) in [6.07, 6.45) is 5.04. The Balaban J connectivity index is 1.44. The van der Waals surface area contributed by atoms with Crippen molar-refractivity contribution < 1.29 is 9.59 Å². The van der Waals surface area contributed by atoms with Crippen molar-refractivity contribution in [1.82, 2.24) is 35.4 Å². The smallest absolute Gasteiger partial charge is 0.243 e. The number of aromatic nitrogens is 3. The SMILES string of the molecule is CCC(C)C(=O)N1CSC[C@H]1C(=O)N[C@@H](C)Cn1cc(CNC2CCN(C)CC2)nn1. The van der Waals surface area contributed by atoms with Crippen molar-refractivity contribution in [3.63, 3.8) is 0 Å². The lowest BCUT2D eigenvalue weighted by molar-refractivity contribution is -0.141. The Bertz CT molecular complexity index is 735. The Morgan fingerprint density at radius 1 is 1.29 bits per heavy atom. The fourth-order valence-corrected chi connectivity index (χ4v) is 5.13. The highest BCUT2D eigenvalue weighted by Gasteiger charge is 2.36. The monoisotopic (exact) mass is 451 g/mol. The van der Waals surface area contributed by atoms with Crippen LogP contribution in [0.5, 0.6) is 0 Å². The third-order valence-corrected chi connectivity index (χ3v) is 7.24. The Labute approximate surface area is 189 Å². The van der Waals surface area contributed by atoms with E-state index in [9.17, 15) is 9.59 Å². The van der Waals surface area contributed by atoms with Gasteiger partial charge < -0.3 is 20.4 Å². The first-order chi connectivity index (χ1) is 14.9. The summed E-state index contributed by atoms with van der Waals surface area (Å²) in [7, 11) is 2.16. The molecule has 1 aromatic heterocycles. The first-order valence-electron chi connectivity index (χ1n) is 11.4. The van der Waals surface area contributed by atoms with Gasteiger partial charge in [0.2, 0.25) is 11.8 Å². The number of hydrogen-bond acceptors (Lipinski definition) is 7. The van der Waals surface area contributed by atoms with Gasteiger partial charge in [-0.2, -0.15) is 0 Å². The molecule has 1 unspecified atom stereocenters. The number of nitrogens with zero attached hydrogens (tertiary/aromatic N) is 5. The molecule has 0 aliphatic carbocycles. The lowest BCUT2D eigenvalue weighted by Gasteiger charge is -2.29. The minimum Gasteiger partial charge on any atom is -0.350 e. The molecular weight excluding hydrogens is 414 g/mol. The van der Waals surface area contributed by atoms with Crippen molar-refractivity contribution in [2.75, 3.05) is 31.8 Å². The van der Waals surface area contributed by atoms with Crippen molar-refractivity contribution in [3.05, 3.63) is 11.9 Å². The maximum Gasteiger partial charge on any atom is 0.243 e. The molecule has 3 rings (SSSR count). The molecule has 10 heteroatoms. The van der Waals surface area contributed by atoms with Gasteiger partial charge in [0, 0.05) is 36.5 Å². The normalized spacial score (nSPS) is 22.5. The van der Waals surface area contributed by atoms with Gasteiger partial charge in [-0.25, -0.2) is 0 Å². The van der Waals surface area contributed by atoms with Gasteiger partial charge in [0.1, 0.15) is 6.04 Å².